The Balaban J connectivity index is 1.74. The first kappa shape index (κ1) is 19.7. The fourth-order valence-corrected chi connectivity index (χ4v) is 2.72. The van der Waals surface area contributed by atoms with Crippen molar-refractivity contribution in [2.24, 2.45) is 0 Å². The lowest BCUT2D eigenvalue weighted by atomic mass is 10.1. The van der Waals surface area contributed by atoms with E-state index >= 15 is 0 Å². The van der Waals surface area contributed by atoms with Crippen LogP contribution >= 0.6 is 0 Å². The van der Waals surface area contributed by atoms with Crippen LogP contribution in [0.1, 0.15) is 54.9 Å². The van der Waals surface area contributed by atoms with Crippen molar-refractivity contribution in [1.29, 1.82) is 0 Å². The van der Waals surface area contributed by atoms with Crippen LogP contribution in [0, 0.1) is 0 Å². The van der Waals surface area contributed by atoms with Crippen LogP contribution in [0.15, 0.2) is 54.6 Å². The zero-order valence-electron chi connectivity index (χ0n) is 15.5. The standard InChI is InChI=1S/C22H28N2O2/c1-2-3-4-5-9-16-23-22(26)19-12-14-20(15-13-19)24-21(25)17-18-10-7-6-8-11-18/h6-8,10-15H,2-5,9,16-17H2,1H3,(H,23,26)(H,24,25). The molecule has 0 unspecified atom stereocenters. The minimum atomic E-state index is -0.0690. The maximum Gasteiger partial charge on any atom is 0.251 e. The number of anilines is 1. The van der Waals surface area contributed by atoms with Gasteiger partial charge in [-0.05, 0) is 36.2 Å². The number of unbranched alkanes of at least 4 members (excludes halogenated alkanes) is 4. The third-order valence-corrected chi connectivity index (χ3v) is 4.20. The van der Waals surface area contributed by atoms with Crippen molar-refractivity contribution in [2.45, 2.75) is 45.4 Å². The van der Waals surface area contributed by atoms with Crippen molar-refractivity contribution < 1.29 is 9.59 Å². The van der Waals surface area contributed by atoms with Gasteiger partial charge >= 0.3 is 0 Å². The molecule has 26 heavy (non-hydrogen) atoms. The van der Waals surface area contributed by atoms with Crippen LogP contribution in [0.5, 0.6) is 0 Å². The molecule has 0 saturated carbocycles. The lowest BCUT2D eigenvalue weighted by molar-refractivity contribution is -0.115. The quantitative estimate of drug-likeness (QED) is 0.616. The smallest absolute Gasteiger partial charge is 0.251 e. The first-order valence-electron chi connectivity index (χ1n) is 9.41. The van der Waals surface area contributed by atoms with E-state index in [1.807, 2.05) is 30.3 Å². The number of amides is 2. The molecule has 0 aliphatic heterocycles. The average Bonchev–Trinajstić information content (AvgIpc) is 2.65. The van der Waals surface area contributed by atoms with E-state index in [2.05, 4.69) is 17.6 Å². The summed E-state index contributed by atoms with van der Waals surface area (Å²) in [6.07, 6.45) is 6.21. The first-order valence-corrected chi connectivity index (χ1v) is 9.41. The van der Waals surface area contributed by atoms with E-state index in [0.717, 1.165) is 18.4 Å². The maximum atomic E-state index is 12.1. The molecule has 0 fully saturated rings. The van der Waals surface area contributed by atoms with Gasteiger partial charge < -0.3 is 10.6 Å². The summed E-state index contributed by atoms with van der Waals surface area (Å²) in [4.78, 5) is 24.2. The molecule has 4 nitrogen and oxygen atoms in total. The van der Waals surface area contributed by atoms with Crippen LogP contribution in [0.2, 0.25) is 0 Å². The molecule has 0 bridgehead atoms. The van der Waals surface area contributed by atoms with Crippen LogP contribution in [0.3, 0.4) is 0 Å². The summed E-state index contributed by atoms with van der Waals surface area (Å²) < 4.78 is 0. The van der Waals surface area contributed by atoms with Gasteiger partial charge in [-0.3, -0.25) is 9.59 Å². The maximum absolute atomic E-state index is 12.1. The second-order valence-electron chi connectivity index (χ2n) is 6.46. The highest BCUT2D eigenvalue weighted by Gasteiger charge is 2.07. The van der Waals surface area contributed by atoms with Crippen molar-refractivity contribution in [3.63, 3.8) is 0 Å². The second-order valence-corrected chi connectivity index (χ2v) is 6.46. The lowest BCUT2D eigenvalue weighted by Gasteiger charge is -2.08. The van der Waals surface area contributed by atoms with Crippen LogP contribution in [0.25, 0.3) is 0 Å². The molecule has 0 aliphatic rings. The molecule has 4 heteroatoms. The molecule has 2 aromatic rings. The Bertz CT molecular complexity index is 681. The lowest BCUT2D eigenvalue weighted by Crippen LogP contribution is -2.24. The van der Waals surface area contributed by atoms with Crippen LogP contribution < -0.4 is 10.6 Å². The van der Waals surface area contributed by atoms with Gasteiger partial charge in [0, 0.05) is 17.8 Å². The Morgan fingerprint density at radius 3 is 2.23 bits per heavy atom. The van der Waals surface area contributed by atoms with E-state index in [9.17, 15) is 9.59 Å². The van der Waals surface area contributed by atoms with Gasteiger partial charge in [0.05, 0.1) is 6.42 Å². The molecular formula is C22H28N2O2. The first-order chi connectivity index (χ1) is 12.7. The highest BCUT2D eigenvalue weighted by atomic mass is 16.2. The van der Waals surface area contributed by atoms with Crippen molar-refractivity contribution in [3.05, 3.63) is 65.7 Å². The minimum absolute atomic E-state index is 0.0670. The van der Waals surface area contributed by atoms with Gasteiger partial charge in [0.1, 0.15) is 0 Å². The Morgan fingerprint density at radius 1 is 0.846 bits per heavy atom. The number of carbonyl (C=O) groups excluding carboxylic acids is 2. The number of hydrogen-bond acceptors (Lipinski definition) is 2. The summed E-state index contributed by atoms with van der Waals surface area (Å²) >= 11 is 0. The summed E-state index contributed by atoms with van der Waals surface area (Å²) in [7, 11) is 0. The van der Waals surface area contributed by atoms with Gasteiger partial charge in [0.25, 0.3) is 5.91 Å². The van der Waals surface area contributed by atoms with E-state index in [-0.39, 0.29) is 11.8 Å². The normalized spacial score (nSPS) is 10.3. The SMILES string of the molecule is CCCCCCCNC(=O)c1ccc(NC(=O)Cc2ccccc2)cc1. The monoisotopic (exact) mass is 352 g/mol. The van der Waals surface area contributed by atoms with Crippen LogP contribution in [0.4, 0.5) is 5.69 Å². The fourth-order valence-electron chi connectivity index (χ4n) is 2.72. The molecule has 0 spiro atoms. The van der Waals surface area contributed by atoms with Crippen molar-refractivity contribution in [3.8, 4) is 0 Å². The third-order valence-electron chi connectivity index (χ3n) is 4.20. The van der Waals surface area contributed by atoms with E-state index in [0.29, 0.717) is 24.2 Å². The number of hydrogen-bond donors (Lipinski definition) is 2. The fraction of sp³-hybridized carbons (Fsp3) is 0.364. The van der Waals surface area contributed by atoms with Crippen molar-refractivity contribution >= 4 is 17.5 Å². The third kappa shape index (κ3) is 7.09. The van der Waals surface area contributed by atoms with Gasteiger partial charge in [0.15, 0.2) is 0 Å². The van der Waals surface area contributed by atoms with Gasteiger partial charge in [-0.15, -0.1) is 0 Å². The predicted octanol–water partition coefficient (Wildman–Crippen LogP) is 4.57. The summed E-state index contributed by atoms with van der Waals surface area (Å²) in [6.45, 7) is 2.90. The molecule has 0 radical (unpaired) electrons. The molecule has 2 amide bonds. The number of benzene rings is 2. The van der Waals surface area contributed by atoms with Gasteiger partial charge in [-0.2, -0.15) is 0 Å². The Labute approximate surface area is 156 Å². The summed E-state index contributed by atoms with van der Waals surface area (Å²) in [5.74, 6) is -0.136. The number of rotatable bonds is 10. The van der Waals surface area contributed by atoms with Crippen LogP contribution in [-0.2, 0) is 11.2 Å². The Kier molecular flexibility index (Phi) is 8.40. The molecule has 0 aliphatic carbocycles. The zero-order valence-corrected chi connectivity index (χ0v) is 15.5. The minimum Gasteiger partial charge on any atom is -0.352 e. The van der Waals surface area contributed by atoms with E-state index in [1.165, 1.54) is 19.3 Å². The Hall–Kier alpha value is -2.62. The highest BCUT2D eigenvalue weighted by Crippen LogP contribution is 2.11. The van der Waals surface area contributed by atoms with E-state index in [4.69, 9.17) is 0 Å². The van der Waals surface area contributed by atoms with Crippen molar-refractivity contribution in [2.75, 3.05) is 11.9 Å². The molecule has 0 atom stereocenters. The molecule has 2 N–H and O–H groups in total. The molecule has 0 aromatic heterocycles. The molecular weight excluding hydrogens is 324 g/mol. The van der Waals surface area contributed by atoms with Gasteiger partial charge in [-0.1, -0.05) is 62.9 Å². The Morgan fingerprint density at radius 2 is 1.54 bits per heavy atom. The molecule has 138 valence electrons. The van der Waals surface area contributed by atoms with E-state index in [1.54, 1.807) is 24.3 Å². The molecule has 0 saturated heterocycles. The second kappa shape index (κ2) is 11.1. The number of nitrogens with one attached hydrogen (secondary N) is 2. The average molecular weight is 352 g/mol. The zero-order chi connectivity index (χ0) is 18.6. The topological polar surface area (TPSA) is 58.2 Å². The predicted molar refractivity (Wildman–Crippen MR) is 106 cm³/mol. The molecule has 2 rings (SSSR count). The number of carbonyl (C=O) groups is 2. The van der Waals surface area contributed by atoms with Gasteiger partial charge in [-0.25, -0.2) is 0 Å². The highest BCUT2D eigenvalue weighted by molar-refractivity contribution is 5.96. The van der Waals surface area contributed by atoms with Crippen LogP contribution in [-0.4, -0.2) is 18.4 Å². The summed E-state index contributed by atoms with van der Waals surface area (Å²) in [5, 5.41) is 5.80. The summed E-state index contributed by atoms with van der Waals surface area (Å²) in [5.41, 5.74) is 2.28. The molecule has 0 heterocycles. The van der Waals surface area contributed by atoms with E-state index < -0.39 is 0 Å². The summed E-state index contributed by atoms with van der Waals surface area (Å²) in [6, 6.07) is 16.6. The van der Waals surface area contributed by atoms with Crippen molar-refractivity contribution in [1.82, 2.24) is 5.32 Å². The van der Waals surface area contributed by atoms with Gasteiger partial charge in [0.2, 0.25) is 5.91 Å². The largest absolute Gasteiger partial charge is 0.352 e. The molecule has 2 aromatic carbocycles.